The third-order valence-corrected chi connectivity index (χ3v) is 5.53. The highest BCUT2D eigenvalue weighted by Crippen LogP contribution is 2.32. The van der Waals surface area contributed by atoms with E-state index < -0.39 is 0 Å². The molecule has 1 saturated carbocycles. The van der Waals surface area contributed by atoms with E-state index in [1.807, 2.05) is 6.07 Å². The van der Waals surface area contributed by atoms with Crippen LogP contribution >= 0.6 is 15.9 Å². The van der Waals surface area contributed by atoms with E-state index in [0.717, 1.165) is 41.3 Å². The summed E-state index contributed by atoms with van der Waals surface area (Å²) in [5, 5.41) is 10.1. The Morgan fingerprint density at radius 1 is 1.30 bits per heavy atom. The third-order valence-electron chi connectivity index (χ3n) is 4.67. The first kappa shape index (κ1) is 14.4. The van der Waals surface area contributed by atoms with Gasteiger partial charge in [-0.3, -0.25) is 9.80 Å². The van der Waals surface area contributed by atoms with E-state index in [0.29, 0.717) is 11.8 Å². The van der Waals surface area contributed by atoms with Gasteiger partial charge in [-0.15, -0.1) is 0 Å². The molecule has 0 bridgehead atoms. The first-order chi connectivity index (χ1) is 9.56. The minimum atomic E-state index is 0.419. The van der Waals surface area contributed by atoms with E-state index in [2.05, 4.69) is 39.6 Å². The molecule has 0 radical (unpaired) electrons. The Labute approximate surface area is 129 Å². The maximum absolute atomic E-state index is 10.1. The van der Waals surface area contributed by atoms with Crippen molar-refractivity contribution < 1.29 is 5.11 Å². The largest absolute Gasteiger partial charge is 0.508 e. The summed E-state index contributed by atoms with van der Waals surface area (Å²) >= 11 is 3.56. The van der Waals surface area contributed by atoms with Crippen molar-refractivity contribution in [3.05, 3.63) is 27.7 Å². The molecule has 2 aliphatic rings. The van der Waals surface area contributed by atoms with E-state index in [9.17, 15) is 5.11 Å². The second-order valence-corrected chi connectivity index (χ2v) is 7.08. The number of rotatable bonds is 3. The molecule has 3 rings (SSSR count). The van der Waals surface area contributed by atoms with Crippen LogP contribution in [0.15, 0.2) is 16.6 Å². The van der Waals surface area contributed by atoms with Crippen LogP contribution in [0.2, 0.25) is 0 Å². The van der Waals surface area contributed by atoms with Gasteiger partial charge in [-0.25, -0.2) is 0 Å². The van der Waals surface area contributed by atoms with Crippen molar-refractivity contribution in [3.63, 3.8) is 0 Å². The molecule has 1 aliphatic heterocycles. The summed E-state index contributed by atoms with van der Waals surface area (Å²) in [5.41, 5.74) is 2.22. The lowest BCUT2D eigenvalue weighted by Crippen LogP contribution is -2.52. The zero-order chi connectivity index (χ0) is 14.3. The van der Waals surface area contributed by atoms with Crippen molar-refractivity contribution >= 4 is 15.9 Å². The average molecular weight is 339 g/mol. The Morgan fingerprint density at radius 3 is 2.70 bits per heavy atom. The minimum Gasteiger partial charge on any atom is -0.508 e. The van der Waals surface area contributed by atoms with Crippen LogP contribution in [0.25, 0.3) is 0 Å². The molecule has 0 aromatic heterocycles. The zero-order valence-electron chi connectivity index (χ0n) is 12.3. The molecule has 1 heterocycles. The number of hydrogen-bond donors (Lipinski definition) is 1. The number of aromatic hydroxyl groups is 1. The molecule has 1 aromatic carbocycles. The van der Waals surface area contributed by atoms with Gasteiger partial charge in [0.2, 0.25) is 0 Å². The van der Waals surface area contributed by atoms with Crippen LogP contribution in [0.3, 0.4) is 0 Å². The molecule has 20 heavy (non-hydrogen) atoms. The van der Waals surface area contributed by atoms with Gasteiger partial charge in [0.15, 0.2) is 0 Å². The lowest BCUT2D eigenvalue weighted by atomic mass is 10.1. The molecule has 2 fully saturated rings. The zero-order valence-corrected chi connectivity index (χ0v) is 13.9. The van der Waals surface area contributed by atoms with Crippen molar-refractivity contribution in [1.29, 1.82) is 0 Å². The first-order valence-electron chi connectivity index (χ1n) is 7.51. The Kier molecular flexibility index (Phi) is 4.07. The molecule has 110 valence electrons. The summed E-state index contributed by atoms with van der Waals surface area (Å²) in [4.78, 5) is 5.13. The van der Waals surface area contributed by atoms with Gasteiger partial charge < -0.3 is 5.11 Å². The van der Waals surface area contributed by atoms with Gasteiger partial charge in [0, 0.05) is 48.3 Å². The van der Waals surface area contributed by atoms with Crippen LogP contribution in [0.1, 0.15) is 30.9 Å². The molecule has 1 atom stereocenters. The summed E-state index contributed by atoms with van der Waals surface area (Å²) < 4.78 is 1.08. The predicted octanol–water partition coefficient (Wildman–Crippen LogP) is 3.13. The predicted molar refractivity (Wildman–Crippen MR) is 85.0 cm³/mol. The van der Waals surface area contributed by atoms with Crippen molar-refractivity contribution in [2.45, 2.75) is 45.3 Å². The number of piperazine rings is 1. The van der Waals surface area contributed by atoms with E-state index in [1.165, 1.54) is 19.4 Å². The highest BCUT2D eigenvalue weighted by atomic mass is 79.9. The maximum atomic E-state index is 10.1. The third kappa shape index (κ3) is 2.87. The normalized spacial score (nSPS) is 25.1. The number of phenolic OH excluding ortho intramolecular Hbond substituents is 1. The molecule has 1 saturated heterocycles. The molecule has 0 spiro atoms. The molecular formula is C16H23BrN2O. The fourth-order valence-corrected chi connectivity index (χ4v) is 3.65. The van der Waals surface area contributed by atoms with Crippen LogP contribution in [0.4, 0.5) is 0 Å². The molecule has 1 N–H and O–H groups in total. The topological polar surface area (TPSA) is 26.7 Å². The molecule has 1 aliphatic carbocycles. The average Bonchev–Trinajstić information content (AvgIpc) is 3.24. The van der Waals surface area contributed by atoms with Gasteiger partial charge in [0.1, 0.15) is 5.75 Å². The van der Waals surface area contributed by atoms with Crippen molar-refractivity contribution in [2.24, 2.45) is 0 Å². The number of nitrogens with zero attached hydrogens (tertiary/aromatic N) is 2. The summed E-state index contributed by atoms with van der Waals surface area (Å²) in [7, 11) is 0. The van der Waals surface area contributed by atoms with Crippen LogP contribution in [0.5, 0.6) is 5.75 Å². The van der Waals surface area contributed by atoms with Gasteiger partial charge in [-0.2, -0.15) is 0 Å². The number of phenols is 1. The first-order valence-corrected chi connectivity index (χ1v) is 8.30. The van der Waals surface area contributed by atoms with Crippen molar-refractivity contribution in [3.8, 4) is 5.75 Å². The van der Waals surface area contributed by atoms with Gasteiger partial charge in [0.25, 0.3) is 0 Å². The van der Waals surface area contributed by atoms with Gasteiger partial charge in [-0.1, -0.05) is 15.9 Å². The molecule has 3 nitrogen and oxygen atoms in total. The van der Waals surface area contributed by atoms with E-state index in [1.54, 1.807) is 6.07 Å². The number of benzene rings is 1. The van der Waals surface area contributed by atoms with E-state index in [4.69, 9.17) is 0 Å². The smallest absolute Gasteiger partial charge is 0.120 e. The van der Waals surface area contributed by atoms with E-state index in [-0.39, 0.29) is 0 Å². The highest BCUT2D eigenvalue weighted by Gasteiger charge is 2.35. The Morgan fingerprint density at radius 2 is 2.05 bits per heavy atom. The lowest BCUT2D eigenvalue weighted by molar-refractivity contribution is 0.0723. The van der Waals surface area contributed by atoms with Gasteiger partial charge in [-0.05, 0) is 44.4 Å². The van der Waals surface area contributed by atoms with Crippen LogP contribution < -0.4 is 0 Å². The van der Waals surface area contributed by atoms with Crippen LogP contribution in [0, 0.1) is 6.92 Å². The lowest BCUT2D eigenvalue weighted by Gasteiger charge is -2.40. The van der Waals surface area contributed by atoms with Crippen molar-refractivity contribution in [2.75, 3.05) is 19.6 Å². The standard InChI is InChI=1S/C16H23BrN2O/c1-11-9-18(7-8-19(11)13-3-4-13)10-14-12(2)15(17)5-6-16(14)20/h5-6,11,13,20H,3-4,7-10H2,1-2H3. The van der Waals surface area contributed by atoms with Crippen molar-refractivity contribution in [1.82, 2.24) is 9.80 Å². The fraction of sp³-hybridized carbons (Fsp3) is 0.625. The molecule has 1 aromatic rings. The SMILES string of the molecule is Cc1c(Br)ccc(O)c1CN1CCN(C2CC2)C(C)C1. The second-order valence-electron chi connectivity index (χ2n) is 6.22. The summed E-state index contributed by atoms with van der Waals surface area (Å²) in [6, 6.07) is 5.19. The summed E-state index contributed by atoms with van der Waals surface area (Å²) in [6.45, 7) is 8.62. The molecule has 1 unspecified atom stereocenters. The Bertz CT molecular complexity index is 501. The number of halogens is 1. The monoisotopic (exact) mass is 338 g/mol. The molecule has 0 amide bonds. The van der Waals surface area contributed by atoms with E-state index >= 15 is 0 Å². The van der Waals surface area contributed by atoms with Gasteiger partial charge in [0.05, 0.1) is 0 Å². The highest BCUT2D eigenvalue weighted by molar-refractivity contribution is 9.10. The minimum absolute atomic E-state index is 0.419. The van der Waals surface area contributed by atoms with Crippen LogP contribution in [-0.4, -0.2) is 46.6 Å². The van der Waals surface area contributed by atoms with Crippen LogP contribution in [-0.2, 0) is 6.54 Å². The second kappa shape index (κ2) is 5.66. The molecular weight excluding hydrogens is 316 g/mol. The summed E-state index contributed by atoms with van der Waals surface area (Å²) in [6.07, 6.45) is 2.77. The quantitative estimate of drug-likeness (QED) is 0.917. The van der Waals surface area contributed by atoms with Gasteiger partial charge >= 0.3 is 0 Å². The Balaban J connectivity index is 1.68. The fourth-order valence-electron chi connectivity index (χ4n) is 3.28. The maximum Gasteiger partial charge on any atom is 0.120 e. The molecule has 4 heteroatoms. The number of hydrogen-bond acceptors (Lipinski definition) is 3. The Hall–Kier alpha value is -0.580. The summed E-state index contributed by atoms with van der Waals surface area (Å²) in [5.74, 6) is 0.419.